The van der Waals surface area contributed by atoms with Crippen molar-refractivity contribution in [3.05, 3.63) is 35.9 Å². The second-order valence-corrected chi connectivity index (χ2v) is 3.62. The fraction of sp³-hybridized carbons (Fsp3) is 0.364. The van der Waals surface area contributed by atoms with Crippen molar-refractivity contribution in [3.63, 3.8) is 0 Å². The summed E-state index contributed by atoms with van der Waals surface area (Å²) in [7, 11) is 1.44. The highest BCUT2D eigenvalue weighted by atomic mass is 19.4. The monoisotopic (exact) mass is 246 g/mol. The van der Waals surface area contributed by atoms with Crippen molar-refractivity contribution in [2.75, 3.05) is 13.6 Å². The highest BCUT2D eigenvalue weighted by Gasteiger charge is 2.28. The Morgan fingerprint density at radius 1 is 1.29 bits per heavy atom. The molecule has 3 nitrogen and oxygen atoms in total. The summed E-state index contributed by atoms with van der Waals surface area (Å²) in [5.41, 5.74) is 0.858. The summed E-state index contributed by atoms with van der Waals surface area (Å²) in [4.78, 5) is 12.5. The van der Waals surface area contributed by atoms with Gasteiger partial charge in [-0.05, 0) is 5.56 Å². The van der Waals surface area contributed by atoms with E-state index in [9.17, 15) is 18.0 Å². The van der Waals surface area contributed by atoms with Crippen LogP contribution in [0.25, 0.3) is 0 Å². The molecule has 0 fully saturated rings. The van der Waals surface area contributed by atoms with Crippen LogP contribution >= 0.6 is 0 Å². The van der Waals surface area contributed by atoms with Crippen molar-refractivity contribution in [2.45, 2.75) is 12.7 Å². The number of urea groups is 1. The lowest BCUT2D eigenvalue weighted by Gasteiger charge is -2.18. The number of amides is 2. The molecule has 1 aromatic rings. The van der Waals surface area contributed by atoms with E-state index in [1.807, 2.05) is 6.07 Å². The average molecular weight is 246 g/mol. The molecule has 0 heterocycles. The third kappa shape index (κ3) is 5.24. The van der Waals surface area contributed by atoms with Gasteiger partial charge in [0.2, 0.25) is 0 Å². The second-order valence-electron chi connectivity index (χ2n) is 3.62. The molecule has 1 N–H and O–H groups in total. The van der Waals surface area contributed by atoms with Gasteiger partial charge in [-0.15, -0.1) is 0 Å². The van der Waals surface area contributed by atoms with Crippen LogP contribution in [-0.2, 0) is 6.54 Å². The summed E-state index contributed by atoms with van der Waals surface area (Å²) >= 11 is 0. The minimum Gasteiger partial charge on any atom is -0.329 e. The molecule has 0 aliphatic rings. The molecule has 6 heteroatoms. The van der Waals surface area contributed by atoms with Crippen LogP contribution in [0.5, 0.6) is 0 Å². The smallest absolute Gasteiger partial charge is 0.329 e. The Morgan fingerprint density at radius 3 is 2.41 bits per heavy atom. The maximum atomic E-state index is 11.9. The van der Waals surface area contributed by atoms with Crippen molar-refractivity contribution >= 4 is 6.03 Å². The molecule has 1 rings (SSSR count). The Hall–Kier alpha value is -1.72. The molecule has 0 radical (unpaired) electrons. The molecule has 0 atom stereocenters. The van der Waals surface area contributed by atoms with Gasteiger partial charge in [0.15, 0.2) is 0 Å². The Kier molecular flexibility index (Phi) is 4.37. The fourth-order valence-electron chi connectivity index (χ4n) is 1.24. The number of nitrogens with zero attached hydrogens (tertiary/aromatic N) is 1. The number of benzene rings is 1. The zero-order valence-corrected chi connectivity index (χ0v) is 9.29. The summed E-state index contributed by atoms with van der Waals surface area (Å²) < 4.78 is 35.6. The first-order valence-electron chi connectivity index (χ1n) is 4.98. The van der Waals surface area contributed by atoms with Crippen LogP contribution in [0.2, 0.25) is 0 Å². The molecule has 94 valence electrons. The van der Waals surface area contributed by atoms with E-state index in [0.29, 0.717) is 0 Å². The number of hydrogen-bond donors (Lipinski definition) is 1. The topological polar surface area (TPSA) is 32.3 Å². The van der Waals surface area contributed by atoms with Crippen LogP contribution in [0.3, 0.4) is 0 Å². The Balaban J connectivity index is 2.43. The van der Waals surface area contributed by atoms with Crippen molar-refractivity contribution in [3.8, 4) is 0 Å². The Labute approximate surface area is 97.2 Å². The molecule has 0 aliphatic carbocycles. The molecule has 17 heavy (non-hydrogen) atoms. The number of hydrogen-bond acceptors (Lipinski definition) is 1. The first kappa shape index (κ1) is 13.3. The van der Waals surface area contributed by atoms with E-state index >= 15 is 0 Å². The predicted molar refractivity (Wildman–Crippen MR) is 57.4 cm³/mol. The molecular weight excluding hydrogens is 233 g/mol. The predicted octanol–water partition coefficient (Wildman–Crippen LogP) is 2.39. The van der Waals surface area contributed by atoms with Crippen molar-refractivity contribution < 1.29 is 18.0 Å². The van der Waals surface area contributed by atoms with Gasteiger partial charge in [-0.3, -0.25) is 0 Å². The van der Waals surface area contributed by atoms with Gasteiger partial charge in [-0.25, -0.2) is 4.79 Å². The van der Waals surface area contributed by atoms with Crippen LogP contribution in [-0.4, -0.2) is 30.7 Å². The van der Waals surface area contributed by atoms with E-state index in [1.54, 1.807) is 29.6 Å². The Morgan fingerprint density at radius 2 is 1.88 bits per heavy atom. The third-order valence-electron chi connectivity index (χ3n) is 2.05. The van der Waals surface area contributed by atoms with Crippen molar-refractivity contribution in [1.29, 1.82) is 0 Å². The van der Waals surface area contributed by atoms with E-state index in [1.165, 1.54) is 11.9 Å². The fourth-order valence-corrected chi connectivity index (χ4v) is 1.24. The Bertz CT molecular complexity index is 365. The average Bonchev–Trinajstić information content (AvgIpc) is 2.26. The molecule has 1 aromatic carbocycles. The zero-order valence-electron chi connectivity index (χ0n) is 9.29. The van der Waals surface area contributed by atoms with E-state index in [4.69, 9.17) is 0 Å². The summed E-state index contributed by atoms with van der Waals surface area (Å²) in [6.07, 6.45) is -4.39. The number of carbonyl (C=O) groups is 1. The number of carbonyl (C=O) groups excluding carboxylic acids is 1. The summed E-state index contributed by atoms with van der Waals surface area (Å²) in [6.45, 7) is -1.05. The van der Waals surface area contributed by atoms with Gasteiger partial charge in [-0.1, -0.05) is 30.3 Å². The lowest BCUT2D eigenvalue weighted by atomic mass is 10.2. The maximum absolute atomic E-state index is 11.9. The SMILES string of the molecule is CN(Cc1ccccc1)C(=O)NCC(F)(F)F. The number of halogens is 3. The van der Waals surface area contributed by atoms with Gasteiger partial charge >= 0.3 is 12.2 Å². The van der Waals surface area contributed by atoms with E-state index in [2.05, 4.69) is 0 Å². The maximum Gasteiger partial charge on any atom is 0.405 e. The van der Waals surface area contributed by atoms with Gasteiger partial charge in [0.25, 0.3) is 0 Å². The van der Waals surface area contributed by atoms with Crippen LogP contribution in [0.1, 0.15) is 5.56 Å². The third-order valence-corrected chi connectivity index (χ3v) is 2.05. The lowest BCUT2D eigenvalue weighted by molar-refractivity contribution is -0.123. The summed E-state index contributed by atoms with van der Waals surface area (Å²) in [5, 5.41) is 1.80. The lowest BCUT2D eigenvalue weighted by Crippen LogP contribution is -2.41. The van der Waals surface area contributed by atoms with Gasteiger partial charge in [0.1, 0.15) is 6.54 Å². The normalized spacial score (nSPS) is 11.1. The van der Waals surface area contributed by atoms with E-state index < -0.39 is 18.8 Å². The molecule has 0 unspecified atom stereocenters. The number of alkyl halides is 3. The number of rotatable bonds is 3. The molecule has 0 aromatic heterocycles. The number of nitrogens with one attached hydrogen (secondary N) is 1. The minimum absolute atomic E-state index is 0.268. The van der Waals surface area contributed by atoms with Crippen LogP contribution in [0.4, 0.5) is 18.0 Å². The molecule has 2 amide bonds. The standard InChI is InChI=1S/C11H13F3N2O/c1-16(7-9-5-3-2-4-6-9)10(17)15-8-11(12,13)14/h2-6H,7-8H2,1H3,(H,15,17). The molecule has 0 bridgehead atoms. The van der Waals surface area contributed by atoms with Crippen LogP contribution in [0.15, 0.2) is 30.3 Å². The van der Waals surface area contributed by atoms with Gasteiger partial charge in [0, 0.05) is 13.6 Å². The van der Waals surface area contributed by atoms with Crippen LogP contribution < -0.4 is 5.32 Å². The molecule has 0 spiro atoms. The van der Waals surface area contributed by atoms with Gasteiger partial charge in [0.05, 0.1) is 0 Å². The molecule has 0 saturated heterocycles. The first-order valence-corrected chi connectivity index (χ1v) is 4.98. The highest BCUT2D eigenvalue weighted by Crippen LogP contribution is 2.12. The quantitative estimate of drug-likeness (QED) is 0.872. The zero-order chi connectivity index (χ0) is 12.9. The van der Waals surface area contributed by atoms with Gasteiger partial charge in [-0.2, -0.15) is 13.2 Å². The van der Waals surface area contributed by atoms with Crippen LogP contribution in [0, 0.1) is 0 Å². The highest BCUT2D eigenvalue weighted by molar-refractivity contribution is 5.73. The molecular formula is C11H13F3N2O. The van der Waals surface area contributed by atoms with Crippen molar-refractivity contribution in [1.82, 2.24) is 10.2 Å². The summed E-state index contributed by atoms with van der Waals surface area (Å²) in [5.74, 6) is 0. The first-order chi connectivity index (χ1) is 7.88. The molecule has 0 saturated carbocycles. The minimum atomic E-state index is -4.39. The second kappa shape index (κ2) is 5.56. The summed E-state index contributed by atoms with van der Waals surface area (Å²) in [6, 6.07) is 8.29. The van der Waals surface area contributed by atoms with Gasteiger partial charge < -0.3 is 10.2 Å². The van der Waals surface area contributed by atoms with Crippen molar-refractivity contribution in [2.24, 2.45) is 0 Å². The largest absolute Gasteiger partial charge is 0.405 e. The van der Waals surface area contributed by atoms with E-state index in [0.717, 1.165) is 5.56 Å². The molecule has 0 aliphatic heterocycles. The van der Waals surface area contributed by atoms with E-state index in [-0.39, 0.29) is 6.54 Å².